The molecule has 100 valence electrons. The molecule has 1 unspecified atom stereocenters. The number of para-hydroxylation sites is 1. The Labute approximate surface area is 121 Å². The minimum absolute atomic E-state index is 0.00633. The van der Waals surface area contributed by atoms with Gasteiger partial charge < -0.3 is 0 Å². The van der Waals surface area contributed by atoms with Gasteiger partial charge >= 0.3 is 0 Å². The number of anilines is 1. The summed E-state index contributed by atoms with van der Waals surface area (Å²) in [6.45, 7) is 0.495. The summed E-state index contributed by atoms with van der Waals surface area (Å²) < 4.78 is 1.63. The topological polar surface area (TPSA) is 61.9 Å². The Balaban J connectivity index is 2.12. The average Bonchev–Trinajstić information content (AvgIpc) is 3.02. The predicted molar refractivity (Wildman–Crippen MR) is 78.0 cm³/mol. The molecule has 0 radical (unpaired) electrons. The number of carbonyl (C=O) groups is 1. The summed E-state index contributed by atoms with van der Waals surface area (Å²) in [6.07, 6.45) is 1.87. The smallest absolute Gasteiger partial charge is 0.229 e. The largest absolute Gasteiger partial charge is 0.294 e. The van der Waals surface area contributed by atoms with Crippen LogP contribution in [0.2, 0.25) is 0 Å². The van der Waals surface area contributed by atoms with Crippen molar-refractivity contribution in [3.8, 4) is 11.8 Å². The van der Waals surface area contributed by atoms with Crippen molar-refractivity contribution in [2.75, 3.05) is 11.4 Å². The molecule has 1 aromatic carbocycles. The van der Waals surface area contributed by atoms with Crippen LogP contribution in [0.25, 0.3) is 5.69 Å². The second-order valence-corrected chi connectivity index (χ2v) is 5.33. The van der Waals surface area contributed by atoms with Crippen molar-refractivity contribution in [2.45, 2.75) is 11.7 Å². The average molecular weight is 284 g/mol. The Kier molecular flexibility index (Phi) is 3.20. The molecule has 1 saturated heterocycles. The maximum Gasteiger partial charge on any atom is 0.229 e. The van der Waals surface area contributed by atoms with Gasteiger partial charge in [-0.2, -0.15) is 23.0 Å². The van der Waals surface area contributed by atoms with E-state index >= 15 is 0 Å². The maximum atomic E-state index is 12.1. The lowest BCUT2D eigenvalue weighted by Gasteiger charge is -2.18. The van der Waals surface area contributed by atoms with Gasteiger partial charge in [0, 0.05) is 18.2 Å². The molecule has 2 aromatic rings. The van der Waals surface area contributed by atoms with Gasteiger partial charge in [-0.05, 0) is 12.1 Å². The first-order chi connectivity index (χ1) is 9.70. The molecule has 6 heteroatoms. The first kappa shape index (κ1) is 12.8. The lowest BCUT2D eigenvalue weighted by molar-refractivity contribution is -0.117. The van der Waals surface area contributed by atoms with Gasteiger partial charge in [-0.15, -0.1) is 0 Å². The lowest BCUT2D eigenvalue weighted by Crippen LogP contribution is -2.28. The zero-order valence-electron chi connectivity index (χ0n) is 10.6. The maximum absolute atomic E-state index is 12.1. The summed E-state index contributed by atoms with van der Waals surface area (Å²) in [5.41, 5.74) is 1.21. The molecule has 20 heavy (non-hydrogen) atoms. The number of aromatic nitrogens is 2. The van der Waals surface area contributed by atoms with Crippen LogP contribution in [-0.2, 0) is 4.79 Å². The summed E-state index contributed by atoms with van der Waals surface area (Å²) in [5.74, 6) is 0.499. The minimum Gasteiger partial charge on any atom is -0.294 e. The van der Waals surface area contributed by atoms with E-state index in [9.17, 15) is 10.1 Å². The number of amides is 1. The fraction of sp³-hybridized carbons (Fsp3) is 0.214. The van der Waals surface area contributed by atoms with Gasteiger partial charge in [0.2, 0.25) is 5.91 Å². The normalized spacial score (nSPS) is 18.3. The van der Waals surface area contributed by atoms with Crippen molar-refractivity contribution in [1.82, 2.24) is 9.78 Å². The fourth-order valence-electron chi connectivity index (χ4n) is 2.33. The van der Waals surface area contributed by atoms with Crippen LogP contribution in [0.3, 0.4) is 0 Å². The van der Waals surface area contributed by atoms with Gasteiger partial charge in [-0.25, -0.2) is 4.68 Å². The summed E-state index contributed by atoms with van der Waals surface area (Å²) in [6, 6.07) is 11.5. The Morgan fingerprint density at radius 1 is 1.35 bits per heavy atom. The lowest BCUT2D eigenvalue weighted by atomic mass is 10.3. The number of hydrogen-bond donors (Lipinski definition) is 1. The van der Waals surface area contributed by atoms with Gasteiger partial charge in [0.1, 0.15) is 11.6 Å². The number of carbonyl (C=O) groups excluding carboxylic acids is 1. The second kappa shape index (κ2) is 5.02. The van der Waals surface area contributed by atoms with Gasteiger partial charge in [-0.3, -0.25) is 9.69 Å². The molecule has 0 aliphatic carbocycles. The molecule has 3 rings (SSSR count). The van der Waals surface area contributed by atoms with Crippen molar-refractivity contribution in [1.29, 1.82) is 5.26 Å². The molecule has 1 amide bonds. The van der Waals surface area contributed by atoms with Crippen molar-refractivity contribution in [2.24, 2.45) is 0 Å². The molecule has 1 aliphatic heterocycles. The molecular formula is C14H12N4OS. The Bertz CT molecular complexity index is 689. The van der Waals surface area contributed by atoms with E-state index in [1.54, 1.807) is 9.58 Å². The standard InChI is InChI=1S/C14H12N4OS/c15-7-10-8-16-18(11-4-2-1-3-5-11)14(10)17-9-12(20)6-13(17)19/h1-5,8,12,20H,6,9H2. The summed E-state index contributed by atoms with van der Waals surface area (Å²) in [4.78, 5) is 13.7. The third-order valence-electron chi connectivity index (χ3n) is 3.23. The third-order valence-corrected chi connectivity index (χ3v) is 3.57. The van der Waals surface area contributed by atoms with E-state index in [1.807, 2.05) is 30.3 Å². The van der Waals surface area contributed by atoms with Crippen molar-refractivity contribution in [3.63, 3.8) is 0 Å². The van der Waals surface area contributed by atoms with E-state index in [-0.39, 0.29) is 11.2 Å². The first-order valence-corrected chi connectivity index (χ1v) is 6.74. The number of nitrogens with zero attached hydrogens (tertiary/aromatic N) is 4. The summed E-state index contributed by atoms with van der Waals surface area (Å²) in [5, 5.41) is 13.5. The second-order valence-electron chi connectivity index (χ2n) is 4.60. The molecule has 0 spiro atoms. The Morgan fingerprint density at radius 3 is 2.70 bits per heavy atom. The van der Waals surface area contributed by atoms with Gasteiger partial charge in [0.25, 0.3) is 0 Å². The van der Waals surface area contributed by atoms with Crippen LogP contribution in [-0.4, -0.2) is 27.5 Å². The number of thiol groups is 1. The number of benzene rings is 1. The highest BCUT2D eigenvalue weighted by Gasteiger charge is 2.32. The van der Waals surface area contributed by atoms with Crippen LogP contribution in [0.1, 0.15) is 12.0 Å². The third kappa shape index (κ3) is 2.06. The van der Waals surface area contributed by atoms with Gasteiger partial charge in [0.05, 0.1) is 11.9 Å². The molecule has 5 nitrogen and oxygen atoms in total. The number of rotatable bonds is 2. The van der Waals surface area contributed by atoms with E-state index in [1.165, 1.54) is 6.20 Å². The van der Waals surface area contributed by atoms with Crippen LogP contribution in [0.15, 0.2) is 36.5 Å². The van der Waals surface area contributed by atoms with Crippen LogP contribution in [0.5, 0.6) is 0 Å². The van der Waals surface area contributed by atoms with Crippen LogP contribution in [0, 0.1) is 11.3 Å². The highest BCUT2D eigenvalue weighted by Crippen LogP contribution is 2.29. The van der Waals surface area contributed by atoms with E-state index in [4.69, 9.17) is 0 Å². The molecule has 1 aliphatic rings. The zero-order chi connectivity index (χ0) is 14.1. The Morgan fingerprint density at radius 2 is 2.10 bits per heavy atom. The monoisotopic (exact) mass is 284 g/mol. The van der Waals surface area contributed by atoms with Crippen LogP contribution < -0.4 is 4.90 Å². The van der Waals surface area contributed by atoms with Crippen LogP contribution >= 0.6 is 12.6 Å². The molecule has 0 saturated carbocycles. The van der Waals surface area contributed by atoms with Crippen molar-refractivity contribution < 1.29 is 4.79 Å². The van der Waals surface area contributed by atoms with Gasteiger partial charge in [-0.1, -0.05) is 18.2 Å². The van der Waals surface area contributed by atoms with E-state index in [0.717, 1.165) is 5.69 Å². The Hall–Kier alpha value is -2.26. The zero-order valence-corrected chi connectivity index (χ0v) is 11.5. The van der Waals surface area contributed by atoms with Crippen molar-refractivity contribution in [3.05, 3.63) is 42.1 Å². The summed E-state index contributed by atoms with van der Waals surface area (Å²) >= 11 is 4.35. The first-order valence-electron chi connectivity index (χ1n) is 6.22. The van der Waals surface area contributed by atoms with Crippen LogP contribution in [0.4, 0.5) is 5.82 Å². The van der Waals surface area contributed by atoms with E-state index < -0.39 is 0 Å². The number of nitriles is 1. The highest BCUT2D eigenvalue weighted by atomic mass is 32.1. The van der Waals surface area contributed by atoms with Crippen molar-refractivity contribution >= 4 is 24.4 Å². The molecule has 2 heterocycles. The van der Waals surface area contributed by atoms with Gasteiger partial charge in [0.15, 0.2) is 5.82 Å². The molecule has 0 N–H and O–H groups in total. The molecular weight excluding hydrogens is 272 g/mol. The molecule has 1 aromatic heterocycles. The van der Waals surface area contributed by atoms with E-state index in [0.29, 0.717) is 24.3 Å². The minimum atomic E-state index is -0.0285. The molecule has 1 fully saturated rings. The fourth-order valence-corrected chi connectivity index (χ4v) is 2.65. The summed E-state index contributed by atoms with van der Waals surface area (Å²) in [7, 11) is 0. The molecule has 1 atom stereocenters. The number of hydrogen-bond acceptors (Lipinski definition) is 4. The van der Waals surface area contributed by atoms with E-state index in [2.05, 4.69) is 23.8 Å². The quantitative estimate of drug-likeness (QED) is 0.855. The molecule has 0 bridgehead atoms. The predicted octanol–water partition coefficient (Wildman–Crippen LogP) is 1.78. The SMILES string of the molecule is N#Cc1cnn(-c2ccccc2)c1N1CC(S)CC1=O. The highest BCUT2D eigenvalue weighted by molar-refractivity contribution is 7.81.